The maximum atomic E-state index is 10.8. The van der Waals surface area contributed by atoms with Gasteiger partial charge in [-0.1, -0.05) is 0 Å². The van der Waals surface area contributed by atoms with E-state index in [-0.39, 0.29) is 12.4 Å². The highest BCUT2D eigenvalue weighted by Gasteiger charge is 2.00. The minimum atomic E-state index is -2.93. The molecule has 0 saturated heterocycles. The Morgan fingerprint density at radius 2 is 2.18 bits per heavy atom. The van der Waals surface area contributed by atoms with Crippen LogP contribution in [0.15, 0.2) is 22.8 Å². The van der Waals surface area contributed by atoms with E-state index >= 15 is 0 Å². The molecule has 0 bridgehead atoms. The lowest BCUT2D eigenvalue weighted by Gasteiger charge is -2.06. The Balaban J connectivity index is 2.10. The zero-order chi connectivity index (χ0) is 12.7. The van der Waals surface area contributed by atoms with Crippen LogP contribution in [0.4, 0.5) is 5.82 Å². The molecular weight excluding hydrogens is 308 g/mol. The van der Waals surface area contributed by atoms with Gasteiger partial charge in [-0.2, -0.15) is 0 Å². The monoisotopic (exact) mass is 322 g/mol. The Morgan fingerprint density at radius 3 is 2.76 bits per heavy atom. The quantitative estimate of drug-likeness (QED) is 0.767. The molecule has 0 aromatic carbocycles. The van der Waals surface area contributed by atoms with Crippen LogP contribution in [0.1, 0.15) is 0 Å². The molecule has 7 heteroatoms. The van der Waals surface area contributed by atoms with Crippen LogP contribution in [0.25, 0.3) is 0 Å². The second-order valence-corrected chi connectivity index (χ2v) is 6.71. The molecule has 0 fully saturated rings. The number of pyridine rings is 1. The molecule has 1 aromatic rings. The van der Waals surface area contributed by atoms with Crippen LogP contribution < -0.4 is 5.32 Å². The second-order valence-electron chi connectivity index (χ2n) is 3.53. The first-order valence-electron chi connectivity index (χ1n) is 5.08. The first-order valence-corrected chi connectivity index (χ1v) is 7.93. The Labute approximate surface area is 110 Å². The van der Waals surface area contributed by atoms with E-state index in [0.717, 1.165) is 10.3 Å². The molecule has 0 saturated carbocycles. The molecule has 0 aliphatic carbocycles. The number of nitrogens with one attached hydrogen (secondary N) is 1. The molecule has 0 aliphatic heterocycles. The molecule has 0 atom stereocenters. The van der Waals surface area contributed by atoms with Crippen LogP contribution in [0.3, 0.4) is 0 Å². The Hall–Kier alpha value is -0.660. The van der Waals surface area contributed by atoms with Gasteiger partial charge < -0.3 is 10.1 Å². The van der Waals surface area contributed by atoms with Crippen molar-refractivity contribution in [2.24, 2.45) is 0 Å². The predicted molar refractivity (Wildman–Crippen MR) is 71.0 cm³/mol. The lowest BCUT2D eigenvalue weighted by atomic mass is 10.4. The largest absolute Gasteiger partial charge is 0.379 e. The van der Waals surface area contributed by atoms with Crippen molar-refractivity contribution in [1.82, 2.24) is 4.98 Å². The summed E-state index contributed by atoms with van der Waals surface area (Å²) >= 11 is 3.29. The number of sulfone groups is 1. The van der Waals surface area contributed by atoms with Crippen molar-refractivity contribution < 1.29 is 13.2 Å². The number of hydrogen-bond acceptors (Lipinski definition) is 5. The van der Waals surface area contributed by atoms with Crippen LogP contribution in [-0.4, -0.2) is 45.2 Å². The Kier molecular flexibility index (Phi) is 5.87. The van der Waals surface area contributed by atoms with Gasteiger partial charge in [0, 0.05) is 23.5 Å². The first kappa shape index (κ1) is 14.4. The molecule has 1 rings (SSSR count). The Bertz CT molecular complexity index is 433. The van der Waals surface area contributed by atoms with Crippen LogP contribution in [0, 0.1) is 0 Å². The summed E-state index contributed by atoms with van der Waals surface area (Å²) < 4.78 is 27.7. The molecule has 17 heavy (non-hydrogen) atoms. The van der Waals surface area contributed by atoms with Crippen molar-refractivity contribution in [1.29, 1.82) is 0 Å². The summed E-state index contributed by atoms with van der Waals surface area (Å²) in [4.78, 5) is 4.13. The van der Waals surface area contributed by atoms with E-state index in [4.69, 9.17) is 4.74 Å². The van der Waals surface area contributed by atoms with Gasteiger partial charge in [-0.05, 0) is 28.1 Å². The summed E-state index contributed by atoms with van der Waals surface area (Å²) in [6.07, 6.45) is 2.90. The van der Waals surface area contributed by atoms with Gasteiger partial charge in [0.15, 0.2) is 0 Å². The van der Waals surface area contributed by atoms with Crippen LogP contribution in [-0.2, 0) is 14.6 Å². The standard InChI is InChI=1S/C10H15BrN2O3S/c1-17(14,15)7-6-16-5-4-12-10-3-2-9(11)8-13-10/h2-3,8H,4-7H2,1H3,(H,12,13). The van der Waals surface area contributed by atoms with Gasteiger partial charge in [-0.3, -0.25) is 0 Å². The molecule has 96 valence electrons. The number of hydrogen-bond donors (Lipinski definition) is 1. The summed E-state index contributed by atoms with van der Waals surface area (Å²) in [6, 6.07) is 3.74. The number of halogens is 1. The molecule has 0 aliphatic rings. The van der Waals surface area contributed by atoms with E-state index in [9.17, 15) is 8.42 Å². The van der Waals surface area contributed by atoms with Crippen LogP contribution >= 0.6 is 15.9 Å². The average molecular weight is 323 g/mol. The van der Waals surface area contributed by atoms with E-state index in [1.807, 2.05) is 12.1 Å². The van der Waals surface area contributed by atoms with Crippen LogP contribution in [0.2, 0.25) is 0 Å². The number of nitrogens with zero attached hydrogens (tertiary/aromatic N) is 1. The van der Waals surface area contributed by atoms with Gasteiger partial charge in [0.2, 0.25) is 0 Å². The molecule has 0 spiro atoms. The number of rotatable bonds is 7. The number of ether oxygens (including phenoxy) is 1. The molecule has 1 N–H and O–H groups in total. The summed E-state index contributed by atoms with van der Waals surface area (Å²) in [5, 5.41) is 3.06. The highest BCUT2D eigenvalue weighted by Crippen LogP contribution is 2.09. The third-order valence-electron chi connectivity index (χ3n) is 1.88. The normalized spacial score (nSPS) is 11.4. The Morgan fingerprint density at radius 1 is 1.41 bits per heavy atom. The van der Waals surface area contributed by atoms with Gasteiger partial charge in [0.1, 0.15) is 15.7 Å². The van der Waals surface area contributed by atoms with Gasteiger partial charge in [0.25, 0.3) is 0 Å². The fourth-order valence-electron chi connectivity index (χ4n) is 1.04. The summed E-state index contributed by atoms with van der Waals surface area (Å²) in [6.45, 7) is 1.28. The van der Waals surface area contributed by atoms with Crippen molar-refractivity contribution in [3.8, 4) is 0 Å². The van der Waals surface area contributed by atoms with E-state index in [1.54, 1.807) is 6.20 Å². The lowest BCUT2D eigenvalue weighted by molar-refractivity contribution is 0.159. The van der Waals surface area contributed by atoms with Crippen molar-refractivity contribution in [3.63, 3.8) is 0 Å². The summed E-state index contributed by atoms with van der Waals surface area (Å²) in [5.41, 5.74) is 0. The molecular formula is C10H15BrN2O3S. The fraction of sp³-hybridized carbons (Fsp3) is 0.500. The third kappa shape index (κ3) is 7.30. The van der Waals surface area contributed by atoms with E-state index in [0.29, 0.717) is 13.2 Å². The van der Waals surface area contributed by atoms with E-state index in [1.165, 1.54) is 6.26 Å². The van der Waals surface area contributed by atoms with Gasteiger partial charge in [-0.15, -0.1) is 0 Å². The maximum Gasteiger partial charge on any atom is 0.149 e. The topological polar surface area (TPSA) is 68.3 Å². The highest BCUT2D eigenvalue weighted by atomic mass is 79.9. The highest BCUT2D eigenvalue weighted by molar-refractivity contribution is 9.10. The van der Waals surface area contributed by atoms with Crippen molar-refractivity contribution in [2.75, 3.05) is 37.1 Å². The van der Waals surface area contributed by atoms with Gasteiger partial charge in [-0.25, -0.2) is 13.4 Å². The minimum absolute atomic E-state index is 0.0591. The average Bonchev–Trinajstić information content (AvgIpc) is 2.24. The molecule has 0 radical (unpaired) electrons. The molecule has 5 nitrogen and oxygen atoms in total. The molecule has 0 amide bonds. The van der Waals surface area contributed by atoms with Crippen molar-refractivity contribution in [2.45, 2.75) is 0 Å². The zero-order valence-corrected chi connectivity index (χ0v) is 11.9. The second kappa shape index (κ2) is 6.93. The SMILES string of the molecule is CS(=O)(=O)CCOCCNc1ccc(Br)cn1. The minimum Gasteiger partial charge on any atom is -0.379 e. The van der Waals surface area contributed by atoms with E-state index in [2.05, 4.69) is 26.2 Å². The summed E-state index contributed by atoms with van der Waals surface area (Å²) in [5.74, 6) is 0.823. The number of aromatic nitrogens is 1. The van der Waals surface area contributed by atoms with E-state index < -0.39 is 9.84 Å². The fourth-order valence-corrected chi connectivity index (χ4v) is 1.70. The smallest absolute Gasteiger partial charge is 0.149 e. The van der Waals surface area contributed by atoms with Crippen molar-refractivity contribution in [3.05, 3.63) is 22.8 Å². The van der Waals surface area contributed by atoms with Crippen LogP contribution in [0.5, 0.6) is 0 Å². The maximum absolute atomic E-state index is 10.8. The van der Waals surface area contributed by atoms with Gasteiger partial charge >= 0.3 is 0 Å². The molecule has 1 heterocycles. The summed E-state index contributed by atoms with van der Waals surface area (Å²) in [7, 11) is -2.93. The van der Waals surface area contributed by atoms with Gasteiger partial charge in [0.05, 0.1) is 19.0 Å². The number of anilines is 1. The third-order valence-corrected chi connectivity index (χ3v) is 3.26. The first-order chi connectivity index (χ1) is 7.97. The lowest BCUT2D eigenvalue weighted by Crippen LogP contribution is -2.15. The molecule has 1 aromatic heterocycles. The predicted octanol–water partition coefficient (Wildman–Crippen LogP) is 1.32. The van der Waals surface area contributed by atoms with Crippen molar-refractivity contribution >= 4 is 31.6 Å². The molecule has 0 unspecified atom stereocenters. The zero-order valence-electron chi connectivity index (χ0n) is 9.52.